The van der Waals surface area contributed by atoms with E-state index in [1.54, 1.807) is 24.3 Å². The zero-order valence-electron chi connectivity index (χ0n) is 14.4. The summed E-state index contributed by atoms with van der Waals surface area (Å²) in [5, 5.41) is 0. The summed E-state index contributed by atoms with van der Waals surface area (Å²) in [4.78, 5) is 25.9. The molecule has 0 bridgehead atoms. The zero-order chi connectivity index (χ0) is 17.8. The van der Waals surface area contributed by atoms with Gasteiger partial charge in [0.1, 0.15) is 5.75 Å². The number of carbonyl (C=O) groups excluding carboxylic acids is 2. The molecule has 5 nitrogen and oxygen atoms in total. The van der Waals surface area contributed by atoms with Crippen LogP contribution in [0.25, 0.3) is 0 Å². The Morgan fingerprint density at radius 1 is 1.12 bits per heavy atom. The van der Waals surface area contributed by atoms with Gasteiger partial charge in [-0.1, -0.05) is 18.2 Å². The van der Waals surface area contributed by atoms with Crippen LogP contribution in [-0.2, 0) is 16.0 Å². The Balaban J connectivity index is 1.67. The van der Waals surface area contributed by atoms with Gasteiger partial charge in [0.15, 0.2) is 6.61 Å². The Kier molecular flexibility index (Phi) is 5.03. The number of rotatable bonds is 4. The van der Waals surface area contributed by atoms with Gasteiger partial charge in [-0.15, -0.1) is 0 Å². The minimum Gasteiger partial charge on any atom is -0.484 e. The van der Waals surface area contributed by atoms with Gasteiger partial charge < -0.3 is 14.4 Å². The fourth-order valence-electron chi connectivity index (χ4n) is 3.09. The fourth-order valence-corrected chi connectivity index (χ4v) is 3.09. The van der Waals surface area contributed by atoms with E-state index in [1.165, 1.54) is 12.7 Å². The second-order valence-corrected chi connectivity index (χ2v) is 6.08. The van der Waals surface area contributed by atoms with Crippen molar-refractivity contribution < 1.29 is 19.1 Å². The third-order valence-electron chi connectivity index (χ3n) is 4.43. The highest BCUT2D eigenvalue weighted by molar-refractivity contribution is 5.96. The van der Waals surface area contributed by atoms with Crippen LogP contribution in [0.1, 0.15) is 29.3 Å². The number of hydrogen-bond donors (Lipinski definition) is 0. The predicted octanol–water partition coefficient (Wildman–Crippen LogP) is 3.22. The van der Waals surface area contributed by atoms with E-state index in [0.29, 0.717) is 11.3 Å². The van der Waals surface area contributed by atoms with Crippen molar-refractivity contribution in [2.45, 2.75) is 25.8 Å². The molecule has 2 aromatic carbocycles. The van der Waals surface area contributed by atoms with Crippen LogP contribution in [-0.4, -0.2) is 31.6 Å². The number of benzene rings is 2. The number of ether oxygens (including phenoxy) is 2. The average molecular weight is 339 g/mol. The van der Waals surface area contributed by atoms with Crippen molar-refractivity contribution in [2.24, 2.45) is 0 Å². The van der Waals surface area contributed by atoms with Crippen molar-refractivity contribution in [2.75, 3.05) is 18.6 Å². The minimum atomic E-state index is -0.402. The Morgan fingerprint density at radius 3 is 2.56 bits per heavy atom. The lowest BCUT2D eigenvalue weighted by Gasteiger charge is -2.35. The van der Waals surface area contributed by atoms with Crippen LogP contribution in [0.15, 0.2) is 48.5 Å². The number of amides is 1. The van der Waals surface area contributed by atoms with Crippen LogP contribution in [0.2, 0.25) is 0 Å². The van der Waals surface area contributed by atoms with Gasteiger partial charge in [-0.05, 0) is 55.7 Å². The fraction of sp³-hybridized carbons (Fsp3) is 0.300. The van der Waals surface area contributed by atoms with Gasteiger partial charge in [-0.3, -0.25) is 4.79 Å². The molecule has 0 aliphatic carbocycles. The van der Waals surface area contributed by atoms with E-state index in [4.69, 9.17) is 4.74 Å². The van der Waals surface area contributed by atoms with Crippen LogP contribution in [0, 0.1) is 0 Å². The van der Waals surface area contributed by atoms with Gasteiger partial charge in [-0.25, -0.2) is 4.79 Å². The maximum Gasteiger partial charge on any atom is 0.337 e. The van der Waals surface area contributed by atoms with E-state index < -0.39 is 5.97 Å². The van der Waals surface area contributed by atoms with Crippen molar-refractivity contribution in [3.8, 4) is 5.75 Å². The average Bonchev–Trinajstić information content (AvgIpc) is 2.65. The molecule has 1 aliphatic rings. The highest BCUT2D eigenvalue weighted by Crippen LogP contribution is 2.30. The summed E-state index contributed by atoms with van der Waals surface area (Å²) in [6, 6.07) is 14.7. The molecule has 0 radical (unpaired) electrons. The van der Waals surface area contributed by atoms with E-state index in [9.17, 15) is 9.59 Å². The molecule has 3 rings (SSSR count). The van der Waals surface area contributed by atoms with Crippen LogP contribution >= 0.6 is 0 Å². The van der Waals surface area contributed by atoms with E-state index in [1.807, 2.05) is 23.1 Å². The summed E-state index contributed by atoms with van der Waals surface area (Å²) in [6.45, 7) is 2.01. The molecule has 130 valence electrons. The van der Waals surface area contributed by atoms with Crippen LogP contribution in [0.4, 0.5) is 5.69 Å². The third-order valence-corrected chi connectivity index (χ3v) is 4.43. The number of para-hydroxylation sites is 1. The van der Waals surface area contributed by atoms with Gasteiger partial charge in [0.25, 0.3) is 5.91 Å². The Morgan fingerprint density at radius 2 is 1.84 bits per heavy atom. The SMILES string of the molecule is COC(=O)c1ccc(OCC(=O)N2c3ccccc3CCC2C)cc1. The standard InChI is InChI=1S/C20H21NO4/c1-14-7-8-15-5-3-4-6-18(15)21(14)19(22)13-25-17-11-9-16(10-12-17)20(23)24-2/h3-6,9-12,14H,7-8,13H2,1-2H3. The minimum absolute atomic E-state index is 0.0454. The van der Waals surface area contributed by atoms with E-state index in [0.717, 1.165) is 18.5 Å². The summed E-state index contributed by atoms with van der Waals surface area (Å²) >= 11 is 0. The number of aryl methyl sites for hydroxylation is 1. The molecule has 0 saturated heterocycles. The number of hydrogen-bond acceptors (Lipinski definition) is 4. The lowest BCUT2D eigenvalue weighted by Crippen LogP contribution is -2.44. The Bertz CT molecular complexity index is 770. The maximum atomic E-state index is 12.7. The summed E-state index contributed by atoms with van der Waals surface area (Å²) < 4.78 is 10.3. The number of nitrogens with zero attached hydrogens (tertiary/aromatic N) is 1. The maximum absolute atomic E-state index is 12.7. The molecule has 0 fully saturated rings. The molecular formula is C20H21NO4. The highest BCUT2D eigenvalue weighted by Gasteiger charge is 2.28. The molecule has 2 aromatic rings. The summed E-state index contributed by atoms with van der Waals surface area (Å²) in [6.07, 6.45) is 1.92. The van der Waals surface area contributed by atoms with E-state index in [-0.39, 0.29) is 18.6 Å². The van der Waals surface area contributed by atoms with Crippen molar-refractivity contribution in [3.05, 3.63) is 59.7 Å². The molecule has 0 N–H and O–H groups in total. The first-order chi connectivity index (χ1) is 12.1. The van der Waals surface area contributed by atoms with Crippen LogP contribution < -0.4 is 9.64 Å². The molecule has 1 amide bonds. The van der Waals surface area contributed by atoms with Crippen molar-refractivity contribution in [1.82, 2.24) is 0 Å². The summed E-state index contributed by atoms with van der Waals surface area (Å²) in [7, 11) is 1.34. The third kappa shape index (κ3) is 3.65. The molecule has 1 heterocycles. The number of anilines is 1. The van der Waals surface area contributed by atoms with Gasteiger partial charge >= 0.3 is 5.97 Å². The monoisotopic (exact) mass is 339 g/mol. The number of carbonyl (C=O) groups is 2. The Labute approximate surface area is 147 Å². The molecule has 0 aromatic heterocycles. The van der Waals surface area contributed by atoms with E-state index >= 15 is 0 Å². The highest BCUT2D eigenvalue weighted by atomic mass is 16.5. The topological polar surface area (TPSA) is 55.8 Å². The van der Waals surface area contributed by atoms with Gasteiger partial charge in [0, 0.05) is 11.7 Å². The first kappa shape index (κ1) is 17.0. The van der Waals surface area contributed by atoms with Gasteiger partial charge in [-0.2, -0.15) is 0 Å². The Hall–Kier alpha value is -2.82. The van der Waals surface area contributed by atoms with E-state index in [2.05, 4.69) is 17.7 Å². The molecule has 5 heteroatoms. The zero-order valence-corrected chi connectivity index (χ0v) is 14.4. The normalized spacial score (nSPS) is 16.1. The quantitative estimate of drug-likeness (QED) is 0.803. The van der Waals surface area contributed by atoms with Crippen LogP contribution in [0.5, 0.6) is 5.75 Å². The first-order valence-corrected chi connectivity index (χ1v) is 8.31. The van der Waals surface area contributed by atoms with Crippen LogP contribution in [0.3, 0.4) is 0 Å². The molecule has 1 atom stereocenters. The largest absolute Gasteiger partial charge is 0.484 e. The van der Waals surface area contributed by atoms with Gasteiger partial charge in [0.05, 0.1) is 12.7 Å². The lowest BCUT2D eigenvalue weighted by molar-refractivity contribution is -0.121. The lowest BCUT2D eigenvalue weighted by atomic mass is 9.96. The molecular weight excluding hydrogens is 318 g/mol. The number of methoxy groups -OCH3 is 1. The molecule has 25 heavy (non-hydrogen) atoms. The van der Waals surface area contributed by atoms with Crippen molar-refractivity contribution in [3.63, 3.8) is 0 Å². The number of esters is 1. The number of fused-ring (bicyclic) bond motifs is 1. The molecule has 1 unspecified atom stereocenters. The summed E-state index contributed by atoms with van der Waals surface area (Å²) in [5.74, 6) is 0.0667. The summed E-state index contributed by atoms with van der Waals surface area (Å²) in [5.41, 5.74) is 2.60. The second-order valence-electron chi connectivity index (χ2n) is 6.08. The van der Waals surface area contributed by atoms with Gasteiger partial charge in [0.2, 0.25) is 0 Å². The molecule has 0 spiro atoms. The first-order valence-electron chi connectivity index (χ1n) is 8.31. The molecule has 1 aliphatic heterocycles. The predicted molar refractivity (Wildman–Crippen MR) is 95.0 cm³/mol. The second kappa shape index (κ2) is 7.38. The van der Waals surface area contributed by atoms with Crippen molar-refractivity contribution in [1.29, 1.82) is 0 Å². The van der Waals surface area contributed by atoms with Crippen molar-refractivity contribution >= 4 is 17.6 Å². The molecule has 0 saturated carbocycles. The smallest absolute Gasteiger partial charge is 0.337 e.